The minimum Gasteiger partial charge on any atom is -0.314 e. The molecule has 2 aromatic heterocycles. The third-order valence-electron chi connectivity index (χ3n) is 1.91. The van der Waals surface area contributed by atoms with Crippen LogP contribution in [-0.4, -0.2) is 23.5 Å². The van der Waals surface area contributed by atoms with E-state index in [-0.39, 0.29) is 16.6 Å². The minimum absolute atomic E-state index is 0.0997. The molecule has 0 aliphatic rings. The zero-order chi connectivity index (χ0) is 13.2. The Morgan fingerprint density at radius 1 is 1.44 bits per heavy atom. The average Bonchev–Trinajstić information content (AvgIpc) is 2.74. The minimum atomic E-state index is -3.84. The van der Waals surface area contributed by atoms with Crippen LogP contribution in [0.5, 0.6) is 0 Å². The molecule has 0 radical (unpaired) electrons. The average molecular weight is 265 g/mol. The van der Waals surface area contributed by atoms with E-state index in [0.717, 1.165) is 6.20 Å². The number of aryl methyl sites for hydroxylation is 1. The number of nitrogens with one attached hydrogen (secondary N) is 1. The lowest BCUT2D eigenvalue weighted by atomic mass is 10.4. The van der Waals surface area contributed by atoms with E-state index in [0.29, 0.717) is 5.82 Å². The summed E-state index contributed by atoms with van der Waals surface area (Å²) in [5.74, 6) is 0.311. The fourth-order valence-corrected chi connectivity index (χ4v) is 1.99. The lowest BCUT2D eigenvalue weighted by Crippen LogP contribution is -2.13. The molecule has 1 N–H and O–H groups in total. The molecule has 9 heteroatoms. The number of hydrogen-bond acceptors (Lipinski definition) is 7. The Morgan fingerprint density at radius 3 is 2.72 bits per heavy atom. The lowest BCUT2D eigenvalue weighted by molar-refractivity contribution is 0.429. The predicted molar refractivity (Wildman–Crippen MR) is 58.8 cm³/mol. The second-order valence-corrected chi connectivity index (χ2v) is 4.93. The van der Waals surface area contributed by atoms with E-state index in [1.165, 1.54) is 12.1 Å². The van der Waals surface area contributed by atoms with E-state index in [4.69, 9.17) is 5.26 Å². The maximum absolute atomic E-state index is 11.8. The van der Waals surface area contributed by atoms with Crippen molar-refractivity contribution in [2.24, 2.45) is 0 Å². The molecule has 0 aromatic carbocycles. The third-order valence-corrected chi connectivity index (χ3v) is 3.22. The van der Waals surface area contributed by atoms with Crippen LogP contribution in [0.3, 0.4) is 0 Å². The molecular formula is C9H7N5O3S. The van der Waals surface area contributed by atoms with Crippen LogP contribution in [0.25, 0.3) is 0 Å². The van der Waals surface area contributed by atoms with Crippen LogP contribution in [0, 0.1) is 18.3 Å². The van der Waals surface area contributed by atoms with Crippen LogP contribution < -0.4 is 4.72 Å². The number of sulfonamides is 1. The summed E-state index contributed by atoms with van der Waals surface area (Å²) in [5, 5.41) is 12.0. The Hall–Kier alpha value is -2.47. The highest BCUT2D eigenvalue weighted by atomic mass is 32.2. The molecule has 0 saturated carbocycles. The molecular weight excluding hydrogens is 258 g/mol. The van der Waals surface area contributed by atoms with Gasteiger partial charge >= 0.3 is 6.01 Å². The monoisotopic (exact) mass is 265 g/mol. The van der Waals surface area contributed by atoms with Gasteiger partial charge in [-0.05, 0) is 19.1 Å². The van der Waals surface area contributed by atoms with E-state index in [9.17, 15) is 8.42 Å². The number of anilines is 1. The van der Waals surface area contributed by atoms with Gasteiger partial charge in [-0.2, -0.15) is 10.2 Å². The number of rotatable bonds is 3. The topological polar surface area (TPSA) is 122 Å². The second-order valence-electron chi connectivity index (χ2n) is 3.24. The first-order valence-corrected chi connectivity index (χ1v) is 6.19. The first kappa shape index (κ1) is 12.0. The molecule has 2 rings (SSSR count). The van der Waals surface area contributed by atoms with Crippen molar-refractivity contribution >= 4 is 16.0 Å². The summed E-state index contributed by atoms with van der Waals surface area (Å²) in [6, 6.07) is 4.13. The fourth-order valence-electron chi connectivity index (χ4n) is 1.12. The Morgan fingerprint density at radius 2 is 2.22 bits per heavy atom. The molecule has 92 valence electrons. The van der Waals surface area contributed by atoms with Gasteiger partial charge in [-0.15, -0.1) is 0 Å². The van der Waals surface area contributed by atoms with Gasteiger partial charge in [-0.1, -0.05) is 5.16 Å². The van der Waals surface area contributed by atoms with Crippen molar-refractivity contribution in [1.29, 1.82) is 5.26 Å². The number of nitriles is 1. The van der Waals surface area contributed by atoms with Crippen molar-refractivity contribution in [2.75, 3.05) is 4.72 Å². The first-order chi connectivity index (χ1) is 8.51. The Kier molecular flexibility index (Phi) is 2.95. The van der Waals surface area contributed by atoms with Gasteiger partial charge in [0.25, 0.3) is 10.0 Å². The maximum Gasteiger partial charge on any atom is 0.335 e. The van der Waals surface area contributed by atoms with Crippen molar-refractivity contribution in [3.63, 3.8) is 0 Å². The highest BCUT2D eigenvalue weighted by Gasteiger charge is 2.17. The van der Waals surface area contributed by atoms with Crippen LogP contribution in [0.4, 0.5) is 6.01 Å². The first-order valence-electron chi connectivity index (χ1n) is 4.70. The zero-order valence-electron chi connectivity index (χ0n) is 9.15. The van der Waals surface area contributed by atoms with Crippen LogP contribution in [0.1, 0.15) is 11.5 Å². The maximum atomic E-state index is 11.8. The second kappa shape index (κ2) is 4.42. The molecule has 0 saturated heterocycles. The van der Waals surface area contributed by atoms with Gasteiger partial charge in [0.15, 0.2) is 5.82 Å². The Balaban J connectivity index is 2.28. The van der Waals surface area contributed by atoms with E-state index >= 15 is 0 Å². The molecule has 2 heterocycles. The van der Waals surface area contributed by atoms with E-state index in [2.05, 4.69) is 24.4 Å². The third kappa shape index (κ3) is 2.44. The van der Waals surface area contributed by atoms with Crippen molar-refractivity contribution in [3.8, 4) is 6.07 Å². The predicted octanol–water partition coefficient (Wildman–Crippen LogP) is 0.445. The largest absolute Gasteiger partial charge is 0.335 e. The molecule has 2 aromatic rings. The summed E-state index contributed by atoms with van der Waals surface area (Å²) in [4.78, 5) is 7.28. The number of nitrogens with zero attached hydrogens (tertiary/aromatic N) is 4. The van der Waals surface area contributed by atoms with Gasteiger partial charge in [-0.3, -0.25) is 0 Å². The van der Waals surface area contributed by atoms with Crippen LogP contribution in [-0.2, 0) is 10.0 Å². The summed E-state index contributed by atoms with van der Waals surface area (Å²) < 4.78 is 30.4. The number of aromatic nitrogens is 3. The number of pyridine rings is 1. The highest BCUT2D eigenvalue weighted by Crippen LogP contribution is 2.13. The standard InChI is InChI=1S/C9H7N5O3S/c1-6-12-9(17-13-6)14-18(15,16)8-3-2-7(4-10)11-5-8/h2-3,5H,1H3,(H,12,13,14). The molecule has 18 heavy (non-hydrogen) atoms. The Bertz CT molecular complexity index is 699. The molecule has 0 bridgehead atoms. The smallest absolute Gasteiger partial charge is 0.314 e. The molecule has 0 fully saturated rings. The van der Waals surface area contributed by atoms with Gasteiger partial charge in [0, 0.05) is 6.20 Å². The SMILES string of the molecule is Cc1noc(NS(=O)(=O)c2ccc(C#N)nc2)n1. The zero-order valence-corrected chi connectivity index (χ0v) is 9.97. The van der Waals surface area contributed by atoms with Gasteiger partial charge < -0.3 is 4.52 Å². The van der Waals surface area contributed by atoms with Crippen molar-refractivity contribution < 1.29 is 12.9 Å². The molecule has 0 aliphatic carbocycles. The van der Waals surface area contributed by atoms with Crippen molar-refractivity contribution in [1.82, 2.24) is 15.1 Å². The van der Waals surface area contributed by atoms with Gasteiger partial charge in [-0.25, -0.2) is 18.1 Å². The summed E-state index contributed by atoms with van der Waals surface area (Å²) in [5.41, 5.74) is 0.127. The van der Waals surface area contributed by atoms with Gasteiger partial charge in [0.05, 0.1) is 0 Å². The highest BCUT2D eigenvalue weighted by molar-refractivity contribution is 7.92. The summed E-state index contributed by atoms with van der Waals surface area (Å²) >= 11 is 0. The van der Waals surface area contributed by atoms with Gasteiger partial charge in [0.2, 0.25) is 0 Å². The van der Waals surface area contributed by atoms with E-state index < -0.39 is 10.0 Å². The van der Waals surface area contributed by atoms with Gasteiger partial charge in [0.1, 0.15) is 16.7 Å². The molecule has 8 nitrogen and oxygen atoms in total. The molecule has 0 unspecified atom stereocenters. The number of hydrogen-bond donors (Lipinski definition) is 1. The lowest BCUT2D eigenvalue weighted by Gasteiger charge is -2.02. The summed E-state index contributed by atoms with van der Waals surface area (Å²) in [6.07, 6.45) is 1.07. The quantitative estimate of drug-likeness (QED) is 0.854. The van der Waals surface area contributed by atoms with Crippen LogP contribution in [0.2, 0.25) is 0 Å². The molecule has 0 atom stereocenters. The van der Waals surface area contributed by atoms with E-state index in [1.54, 1.807) is 13.0 Å². The van der Waals surface area contributed by atoms with Crippen molar-refractivity contribution in [2.45, 2.75) is 11.8 Å². The molecule has 0 amide bonds. The fraction of sp³-hybridized carbons (Fsp3) is 0.111. The van der Waals surface area contributed by atoms with Crippen LogP contribution in [0.15, 0.2) is 27.7 Å². The van der Waals surface area contributed by atoms with E-state index in [1.807, 2.05) is 0 Å². The molecule has 0 spiro atoms. The van der Waals surface area contributed by atoms with Crippen molar-refractivity contribution in [3.05, 3.63) is 29.8 Å². The summed E-state index contributed by atoms with van der Waals surface area (Å²) in [6.45, 7) is 1.56. The Labute approximate surface area is 102 Å². The summed E-state index contributed by atoms with van der Waals surface area (Å²) in [7, 11) is -3.84. The molecule has 0 aliphatic heterocycles. The van der Waals surface area contributed by atoms with Crippen LogP contribution >= 0.6 is 0 Å². The normalized spacial score (nSPS) is 10.9.